The number of carbonyl (C=O) groups is 1. The van der Waals surface area contributed by atoms with Gasteiger partial charge in [0.15, 0.2) is 5.69 Å². The van der Waals surface area contributed by atoms with Crippen molar-refractivity contribution in [2.75, 3.05) is 13.8 Å². The minimum atomic E-state index is -0.604. The Bertz CT molecular complexity index is 647. The molecule has 0 N–H and O–H groups in total. The van der Waals surface area contributed by atoms with Gasteiger partial charge in [0.1, 0.15) is 12.4 Å². The number of esters is 1. The molecule has 0 spiro atoms. The lowest BCUT2D eigenvalue weighted by atomic mass is 10.1. The summed E-state index contributed by atoms with van der Waals surface area (Å²) < 4.78 is 20.4. The van der Waals surface area contributed by atoms with Gasteiger partial charge in [-0.2, -0.15) is 5.10 Å². The SMILES string of the molecule is COC(=O)c1nnn(CCF)c1-c1c(C)nn(C)c1C. The fraction of sp³-hybridized carbons (Fsp3) is 0.500. The number of hydrogen-bond acceptors (Lipinski definition) is 5. The molecule has 0 radical (unpaired) electrons. The predicted octanol–water partition coefficient (Wildman–Crippen LogP) is 1.05. The van der Waals surface area contributed by atoms with Crippen LogP contribution in [0.15, 0.2) is 0 Å². The second kappa shape index (κ2) is 5.40. The number of rotatable bonds is 4. The van der Waals surface area contributed by atoms with Crippen molar-refractivity contribution < 1.29 is 13.9 Å². The first-order valence-electron chi connectivity index (χ1n) is 6.09. The number of aromatic nitrogens is 5. The van der Waals surface area contributed by atoms with Crippen LogP contribution >= 0.6 is 0 Å². The van der Waals surface area contributed by atoms with Crippen LogP contribution in [0.2, 0.25) is 0 Å². The fourth-order valence-corrected chi connectivity index (χ4v) is 2.15. The van der Waals surface area contributed by atoms with Crippen molar-refractivity contribution in [1.82, 2.24) is 24.8 Å². The molecule has 0 fully saturated rings. The molecule has 2 aromatic rings. The molecule has 20 heavy (non-hydrogen) atoms. The third-order valence-corrected chi connectivity index (χ3v) is 3.16. The Balaban J connectivity index is 2.69. The van der Waals surface area contributed by atoms with Gasteiger partial charge in [0.05, 0.1) is 19.3 Å². The van der Waals surface area contributed by atoms with Gasteiger partial charge in [0, 0.05) is 18.3 Å². The first kappa shape index (κ1) is 14.2. The van der Waals surface area contributed by atoms with Gasteiger partial charge in [0.2, 0.25) is 0 Å². The van der Waals surface area contributed by atoms with Gasteiger partial charge in [-0.1, -0.05) is 5.21 Å². The number of carbonyl (C=O) groups excluding carboxylic acids is 1. The summed E-state index contributed by atoms with van der Waals surface area (Å²) in [7, 11) is 3.07. The zero-order valence-electron chi connectivity index (χ0n) is 11.8. The fourth-order valence-electron chi connectivity index (χ4n) is 2.15. The third kappa shape index (κ3) is 2.17. The van der Waals surface area contributed by atoms with Crippen LogP contribution < -0.4 is 0 Å². The van der Waals surface area contributed by atoms with E-state index in [0.29, 0.717) is 5.69 Å². The molecule has 7 nitrogen and oxygen atoms in total. The maximum Gasteiger partial charge on any atom is 0.360 e. The van der Waals surface area contributed by atoms with Crippen molar-refractivity contribution in [2.24, 2.45) is 7.05 Å². The van der Waals surface area contributed by atoms with E-state index in [2.05, 4.69) is 15.4 Å². The first-order chi connectivity index (χ1) is 9.51. The predicted molar refractivity (Wildman–Crippen MR) is 69.0 cm³/mol. The Kier molecular flexibility index (Phi) is 3.82. The van der Waals surface area contributed by atoms with Crippen LogP contribution in [0.5, 0.6) is 0 Å². The largest absolute Gasteiger partial charge is 0.464 e. The number of hydrogen-bond donors (Lipinski definition) is 0. The van der Waals surface area contributed by atoms with Crippen molar-refractivity contribution in [3.63, 3.8) is 0 Å². The molecule has 2 rings (SSSR count). The number of halogens is 1. The van der Waals surface area contributed by atoms with Crippen molar-refractivity contribution in [2.45, 2.75) is 20.4 Å². The van der Waals surface area contributed by atoms with Crippen molar-refractivity contribution >= 4 is 5.97 Å². The van der Waals surface area contributed by atoms with Gasteiger partial charge in [-0.05, 0) is 13.8 Å². The molecule has 0 aromatic carbocycles. The van der Waals surface area contributed by atoms with E-state index in [0.717, 1.165) is 17.0 Å². The number of nitrogens with zero attached hydrogens (tertiary/aromatic N) is 5. The number of alkyl halides is 1. The molecular formula is C12H16FN5O2. The molecule has 2 heterocycles. The molecule has 0 amide bonds. The molecule has 0 unspecified atom stereocenters. The molecule has 0 aliphatic rings. The highest BCUT2D eigenvalue weighted by atomic mass is 19.1. The zero-order chi connectivity index (χ0) is 14.9. The average molecular weight is 281 g/mol. The number of methoxy groups -OCH3 is 1. The normalized spacial score (nSPS) is 10.8. The van der Waals surface area contributed by atoms with Gasteiger partial charge in [0.25, 0.3) is 0 Å². The van der Waals surface area contributed by atoms with E-state index < -0.39 is 12.6 Å². The summed E-state index contributed by atoms with van der Waals surface area (Å²) in [6.45, 7) is 3.10. The van der Waals surface area contributed by atoms with E-state index in [-0.39, 0.29) is 12.2 Å². The molecule has 0 saturated carbocycles. The van der Waals surface area contributed by atoms with E-state index in [1.165, 1.54) is 11.8 Å². The monoisotopic (exact) mass is 281 g/mol. The highest BCUT2D eigenvalue weighted by Crippen LogP contribution is 2.29. The van der Waals surface area contributed by atoms with E-state index >= 15 is 0 Å². The summed E-state index contributed by atoms with van der Waals surface area (Å²) >= 11 is 0. The Labute approximate surface area is 115 Å². The molecule has 2 aromatic heterocycles. The standard InChI is InChI=1S/C12H16FN5O2/c1-7-9(8(2)17(3)15-7)11-10(12(19)20-4)14-16-18(11)6-5-13/h5-6H2,1-4H3. The van der Waals surface area contributed by atoms with E-state index in [1.807, 2.05) is 13.8 Å². The molecule has 0 aliphatic heterocycles. The van der Waals surface area contributed by atoms with Crippen LogP contribution in [0.1, 0.15) is 21.9 Å². The summed E-state index contributed by atoms with van der Waals surface area (Å²) in [5.74, 6) is -0.604. The summed E-state index contributed by atoms with van der Waals surface area (Å²) in [6, 6.07) is 0. The molecular weight excluding hydrogens is 265 g/mol. The molecule has 108 valence electrons. The van der Waals surface area contributed by atoms with Crippen LogP contribution in [0.4, 0.5) is 4.39 Å². The van der Waals surface area contributed by atoms with Crippen LogP contribution in [0, 0.1) is 13.8 Å². The Morgan fingerprint density at radius 2 is 2.10 bits per heavy atom. The third-order valence-electron chi connectivity index (χ3n) is 3.16. The van der Waals surface area contributed by atoms with Gasteiger partial charge >= 0.3 is 5.97 Å². The van der Waals surface area contributed by atoms with Crippen molar-refractivity contribution in [1.29, 1.82) is 0 Å². The van der Waals surface area contributed by atoms with Crippen LogP contribution in [-0.4, -0.2) is 44.5 Å². The highest BCUT2D eigenvalue weighted by Gasteiger charge is 2.26. The summed E-state index contributed by atoms with van der Waals surface area (Å²) in [5, 5.41) is 11.9. The molecule has 0 aliphatic carbocycles. The van der Waals surface area contributed by atoms with Gasteiger partial charge < -0.3 is 4.74 Å². The van der Waals surface area contributed by atoms with Crippen LogP contribution in [-0.2, 0) is 18.3 Å². The summed E-state index contributed by atoms with van der Waals surface area (Å²) in [5.41, 5.74) is 2.80. The maximum atomic E-state index is 12.6. The average Bonchev–Trinajstić information content (AvgIpc) is 2.92. The number of ether oxygens (including phenoxy) is 1. The molecule has 8 heteroatoms. The van der Waals surface area contributed by atoms with Crippen LogP contribution in [0.3, 0.4) is 0 Å². The van der Waals surface area contributed by atoms with Gasteiger partial charge in [-0.15, -0.1) is 5.10 Å². The Morgan fingerprint density at radius 1 is 1.40 bits per heavy atom. The Hall–Kier alpha value is -2.25. The first-order valence-corrected chi connectivity index (χ1v) is 6.09. The lowest BCUT2D eigenvalue weighted by Crippen LogP contribution is -2.08. The summed E-state index contributed by atoms with van der Waals surface area (Å²) in [6.07, 6.45) is 0. The molecule has 0 atom stereocenters. The molecule has 0 saturated heterocycles. The van der Waals surface area contributed by atoms with Crippen molar-refractivity contribution in [3.8, 4) is 11.3 Å². The number of aryl methyl sites for hydroxylation is 3. The van der Waals surface area contributed by atoms with Gasteiger partial charge in [-0.25, -0.2) is 13.9 Å². The minimum Gasteiger partial charge on any atom is -0.464 e. The second-order valence-electron chi connectivity index (χ2n) is 4.36. The maximum absolute atomic E-state index is 12.6. The van der Waals surface area contributed by atoms with Crippen LogP contribution in [0.25, 0.3) is 11.3 Å². The zero-order valence-corrected chi connectivity index (χ0v) is 11.8. The minimum absolute atomic E-state index is 0.0209. The summed E-state index contributed by atoms with van der Waals surface area (Å²) in [4.78, 5) is 11.8. The van der Waals surface area contributed by atoms with Gasteiger partial charge in [-0.3, -0.25) is 4.68 Å². The topological polar surface area (TPSA) is 74.8 Å². The quantitative estimate of drug-likeness (QED) is 0.783. The van der Waals surface area contributed by atoms with E-state index in [9.17, 15) is 9.18 Å². The lowest BCUT2D eigenvalue weighted by Gasteiger charge is -2.06. The smallest absolute Gasteiger partial charge is 0.360 e. The van der Waals surface area contributed by atoms with E-state index in [4.69, 9.17) is 4.74 Å². The molecule has 0 bridgehead atoms. The van der Waals surface area contributed by atoms with Crippen molar-refractivity contribution in [3.05, 3.63) is 17.1 Å². The lowest BCUT2D eigenvalue weighted by molar-refractivity contribution is 0.0595. The highest BCUT2D eigenvalue weighted by molar-refractivity contribution is 5.94. The van der Waals surface area contributed by atoms with E-state index in [1.54, 1.807) is 11.7 Å². The second-order valence-corrected chi connectivity index (χ2v) is 4.36. The Morgan fingerprint density at radius 3 is 2.60 bits per heavy atom.